The SMILES string of the molecule is CCC1(CC)O[C@H]2[C@@H](O)C=C(C)C[C@H]2O1. The van der Waals surface area contributed by atoms with E-state index in [0.29, 0.717) is 0 Å². The van der Waals surface area contributed by atoms with Gasteiger partial charge in [-0.25, -0.2) is 0 Å². The second-order valence-corrected chi connectivity index (χ2v) is 4.56. The second-order valence-electron chi connectivity index (χ2n) is 4.56. The van der Waals surface area contributed by atoms with Gasteiger partial charge >= 0.3 is 0 Å². The Morgan fingerprint density at radius 2 is 2.07 bits per heavy atom. The fourth-order valence-electron chi connectivity index (χ4n) is 2.50. The average Bonchev–Trinajstić information content (AvgIpc) is 2.58. The van der Waals surface area contributed by atoms with Crippen LogP contribution in [0.15, 0.2) is 11.6 Å². The summed E-state index contributed by atoms with van der Waals surface area (Å²) in [6.45, 7) is 6.15. The molecule has 1 fully saturated rings. The molecule has 3 heteroatoms. The fourth-order valence-corrected chi connectivity index (χ4v) is 2.50. The van der Waals surface area contributed by atoms with Crippen LogP contribution in [-0.4, -0.2) is 29.2 Å². The zero-order valence-electron chi connectivity index (χ0n) is 9.69. The summed E-state index contributed by atoms with van der Waals surface area (Å²) in [5.41, 5.74) is 1.19. The lowest BCUT2D eigenvalue weighted by Crippen LogP contribution is -2.37. The third-order valence-corrected chi connectivity index (χ3v) is 3.48. The first-order chi connectivity index (χ1) is 7.10. The molecule has 0 saturated carbocycles. The summed E-state index contributed by atoms with van der Waals surface area (Å²) in [5, 5.41) is 9.89. The van der Waals surface area contributed by atoms with Crippen molar-refractivity contribution in [3.8, 4) is 0 Å². The normalized spacial score (nSPS) is 38.7. The molecule has 0 aromatic rings. The molecule has 0 amide bonds. The molecule has 0 aromatic carbocycles. The summed E-state index contributed by atoms with van der Waals surface area (Å²) in [6, 6.07) is 0. The summed E-state index contributed by atoms with van der Waals surface area (Å²) in [5.74, 6) is -0.464. The van der Waals surface area contributed by atoms with Gasteiger partial charge in [0.25, 0.3) is 0 Å². The molecule has 1 saturated heterocycles. The van der Waals surface area contributed by atoms with Crippen LogP contribution in [0.5, 0.6) is 0 Å². The van der Waals surface area contributed by atoms with Crippen LogP contribution in [0, 0.1) is 0 Å². The van der Waals surface area contributed by atoms with Crippen molar-refractivity contribution < 1.29 is 14.6 Å². The zero-order valence-corrected chi connectivity index (χ0v) is 9.69. The minimum atomic E-state index is -0.510. The molecule has 1 aliphatic carbocycles. The summed E-state index contributed by atoms with van der Waals surface area (Å²) in [7, 11) is 0. The van der Waals surface area contributed by atoms with Crippen molar-refractivity contribution >= 4 is 0 Å². The van der Waals surface area contributed by atoms with Gasteiger partial charge in [-0.15, -0.1) is 0 Å². The molecule has 3 nitrogen and oxygen atoms in total. The molecule has 1 aliphatic heterocycles. The summed E-state index contributed by atoms with van der Waals surface area (Å²) < 4.78 is 11.9. The van der Waals surface area contributed by atoms with Gasteiger partial charge in [0.2, 0.25) is 0 Å². The van der Waals surface area contributed by atoms with Crippen molar-refractivity contribution in [3.63, 3.8) is 0 Å². The van der Waals surface area contributed by atoms with Crippen molar-refractivity contribution in [1.82, 2.24) is 0 Å². The second kappa shape index (κ2) is 3.89. The van der Waals surface area contributed by atoms with Gasteiger partial charge in [0, 0.05) is 0 Å². The van der Waals surface area contributed by atoms with Gasteiger partial charge in [-0.2, -0.15) is 0 Å². The predicted octanol–water partition coefficient (Wildman–Crippen LogP) is 2.00. The molecule has 1 heterocycles. The maximum Gasteiger partial charge on any atom is 0.168 e. The Morgan fingerprint density at radius 3 is 2.67 bits per heavy atom. The van der Waals surface area contributed by atoms with Crippen LogP contribution in [0.3, 0.4) is 0 Å². The van der Waals surface area contributed by atoms with Crippen LogP contribution in [0.4, 0.5) is 0 Å². The van der Waals surface area contributed by atoms with Crippen LogP contribution >= 0.6 is 0 Å². The lowest BCUT2D eigenvalue weighted by atomic mass is 9.93. The molecular weight excluding hydrogens is 192 g/mol. The van der Waals surface area contributed by atoms with Gasteiger partial charge in [0.15, 0.2) is 5.79 Å². The summed E-state index contributed by atoms with van der Waals surface area (Å²) in [4.78, 5) is 0. The summed E-state index contributed by atoms with van der Waals surface area (Å²) in [6.07, 6.45) is 3.78. The Kier molecular flexibility index (Phi) is 2.88. The van der Waals surface area contributed by atoms with Gasteiger partial charge in [-0.3, -0.25) is 0 Å². The number of fused-ring (bicyclic) bond motifs is 1. The number of rotatable bonds is 2. The first-order valence-electron chi connectivity index (χ1n) is 5.81. The zero-order chi connectivity index (χ0) is 11.1. The molecular formula is C12H20O3. The fraction of sp³-hybridized carbons (Fsp3) is 0.833. The predicted molar refractivity (Wildman–Crippen MR) is 57.4 cm³/mol. The lowest BCUT2D eigenvalue weighted by molar-refractivity contribution is -0.183. The molecule has 15 heavy (non-hydrogen) atoms. The van der Waals surface area contributed by atoms with E-state index < -0.39 is 11.9 Å². The van der Waals surface area contributed by atoms with Crippen LogP contribution in [0.2, 0.25) is 0 Å². The van der Waals surface area contributed by atoms with Crippen LogP contribution in [0.25, 0.3) is 0 Å². The van der Waals surface area contributed by atoms with E-state index in [4.69, 9.17) is 9.47 Å². The van der Waals surface area contributed by atoms with Gasteiger partial charge in [-0.1, -0.05) is 25.5 Å². The number of hydrogen-bond acceptors (Lipinski definition) is 3. The highest BCUT2D eigenvalue weighted by molar-refractivity contribution is 5.14. The largest absolute Gasteiger partial charge is 0.386 e. The molecule has 3 atom stereocenters. The standard InChI is InChI=1S/C12H20O3/c1-4-12(5-2)14-10-7-8(3)6-9(13)11(10)15-12/h6,9-11,13H,4-5,7H2,1-3H3/t9-,10+,11-/m0/s1. The molecule has 0 radical (unpaired) electrons. The van der Waals surface area contributed by atoms with Gasteiger partial charge in [0.05, 0.1) is 6.10 Å². The molecule has 2 aliphatic rings. The molecule has 0 spiro atoms. The Bertz CT molecular complexity index is 268. The van der Waals surface area contributed by atoms with E-state index in [-0.39, 0.29) is 12.2 Å². The van der Waals surface area contributed by atoms with Crippen LogP contribution in [0.1, 0.15) is 40.0 Å². The third-order valence-electron chi connectivity index (χ3n) is 3.48. The Hall–Kier alpha value is -0.380. The van der Waals surface area contributed by atoms with Crippen molar-refractivity contribution in [2.75, 3.05) is 0 Å². The van der Waals surface area contributed by atoms with E-state index >= 15 is 0 Å². The Morgan fingerprint density at radius 1 is 1.40 bits per heavy atom. The topological polar surface area (TPSA) is 38.7 Å². The third kappa shape index (κ3) is 1.84. The first-order valence-corrected chi connectivity index (χ1v) is 5.81. The number of ether oxygens (including phenoxy) is 2. The molecule has 0 unspecified atom stereocenters. The lowest BCUT2D eigenvalue weighted by Gasteiger charge is -2.25. The highest BCUT2D eigenvalue weighted by atomic mass is 16.8. The van der Waals surface area contributed by atoms with Crippen molar-refractivity contribution in [1.29, 1.82) is 0 Å². The Balaban J connectivity index is 2.16. The number of aliphatic hydroxyl groups is 1. The smallest absolute Gasteiger partial charge is 0.168 e. The molecule has 0 bridgehead atoms. The van der Waals surface area contributed by atoms with E-state index in [2.05, 4.69) is 13.8 Å². The van der Waals surface area contributed by atoms with E-state index in [1.165, 1.54) is 5.57 Å². The van der Waals surface area contributed by atoms with E-state index in [0.717, 1.165) is 19.3 Å². The van der Waals surface area contributed by atoms with Crippen LogP contribution in [-0.2, 0) is 9.47 Å². The van der Waals surface area contributed by atoms with Crippen molar-refractivity contribution in [3.05, 3.63) is 11.6 Å². The Labute approximate surface area is 91.1 Å². The van der Waals surface area contributed by atoms with Gasteiger partial charge in [0.1, 0.15) is 12.2 Å². The highest BCUT2D eigenvalue weighted by Crippen LogP contribution is 2.40. The highest BCUT2D eigenvalue weighted by Gasteiger charge is 2.48. The molecule has 1 N–H and O–H groups in total. The van der Waals surface area contributed by atoms with Crippen molar-refractivity contribution in [2.45, 2.75) is 64.1 Å². The summed E-state index contributed by atoms with van der Waals surface area (Å²) >= 11 is 0. The molecule has 2 rings (SSSR count). The number of aliphatic hydroxyl groups excluding tert-OH is 1. The average molecular weight is 212 g/mol. The minimum Gasteiger partial charge on any atom is -0.386 e. The number of hydrogen-bond donors (Lipinski definition) is 1. The van der Waals surface area contributed by atoms with Gasteiger partial charge in [-0.05, 0) is 26.2 Å². The molecule has 86 valence electrons. The van der Waals surface area contributed by atoms with Crippen LogP contribution < -0.4 is 0 Å². The van der Waals surface area contributed by atoms with E-state index in [1.54, 1.807) is 0 Å². The monoisotopic (exact) mass is 212 g/mol. The van der Waals surface area contributed by atoms with E-state index in [1.807, 2.05) is 13.0 Å². The van der Waals surface area contributed by atoms with Crippen molar-refractivity contribution in [2.24, 2.45) is 0 Å². The maximum atomic E-state index is 9.89. The van der Waals surface area contributed by atoms with E-state index in [9.17, 15) is 5.11 Å². The molecule has 0 aromatic heterocycles. The quantitative estimate of drug-likeness (QED) is 0.711. The maximum absolute atomic E-state index is 9.89. The first kappa shape index (κ1) is 11.1. The minimum absolute atomic E-state index is 0.0323. The van der Waals surface area contributed by atoms with Gasteiger partial charge < -0.3 is 14.6 Å².